The zero-order valence-corrected chi connectivity index (χ0v) is 12.0. The van der Waals surface area contributed by atoms with Gasteiger partial charge in [-0.1, -0.05) is 23.7 Å². The van der Waals surface area contributed by atoms with Gasteiger partial charge in [0, 0.05) is 10.4 Å². The quantitative estimate of drug-likeness (QED) is 0.911. The van der Waals surface area contributed by atoms with Gasteiger partial charge in [-0.25, -0.2) is 4.98 Å². The average molecular weight is 281 g/mol. The van der Waals surface area contributed by atoms with Gasteiger partial charge in [0.1, 0.15) is 0 Å². The number of thiazole rings is 1. The van der Waals surface area contributed by atoms with Crippen LogP contribution in [0.25, 0.3) is 0 Å². The zero-order valence-electron chi connectivity index (χ0n) is 10.4. The highest BCUT2D eigenvalue weighted by Crippen LogP contribution is 2.18. The Bertz CT molecular complexity index is 510. The second-order valence-corrected chi connectivity index (χ2v) is 6.00. The summed E-state index contributed by atoms with van der Waals surface area (Å²) in [5.41, 5.74) is 8.24. The van der Waals surface area contributed by atoms with E-state index in [1.165, 1.54) is 5.56 Å². The largest absolute Gasteiger partial charge is 0.330 e. The van der Waals surface area contributed by atoms with Crippen LogP contribution in [0, 0.1) is 12.8 Å². The number of rotatable bonds is 5. The number of aryl methyl sites for hydroxylation is 1. The molecule has 0 aliphatic carbocycles. The van der Waals surface area contributed by atoms with Crippen LogP contribution in [0.3, 0.4) is 0 Å². The first-order chi connectivity index (χ1) is 8.67. The highest BCUT2D eigenvalue weighted by atomic mass is 35.5. The predicted molar refractivity (Wildman–Crippen MR) is 78.3 cm³/mol. The molecule has 0 radical (unpaired) electrons. The van der Waals surface area contributed by atoms with Crippen molar-refractivity contribution in [3.63, 3.8) is 0 Å². The summed E-state index contributed by atoms with van der Waals surface area (Å²) in [5, 5.41) is 4.02. The lowest BCUT2D eigenvalue weighted by Gasteiger charge is -2.13. The summed E-state index contributed by atoms with van der Waals surface area (Å²) in [6.45, 7) is 2.70. The van der Waals surface area contributed by atoms with Crippen molar-refractivity contribution >= 4 is 22.9 Å². The van der Waals surface area contributed by atoms with E-state index in [4.69, 9.17) is 17.3 Å². The van der Waals surface area contributed by atoms with Crippen molar-refractivity contribution in [1.29, 1.82) is 0 Å². The predicted octanol–water partition coefficient (Wildman–Crippen LogP) is 3.47. The minimum absolute atomic E-state index is 0.421. The molecule has 1 aromatic heterocycles. The molecule has 2 N–H and O–H groups in total. The van der Waals surface area contributed by atoms with Gasteiger partial charge in [0.25, 0.3) is 0 Å². The third-order valence-corrected chi connectivity index (χ3v) is 3.97. The van der Waals surface area contributed by atoms with Gasteiger partial charge in [0.15, 0.2) is 0 Å². The van der Waals surface area contributed by atoms with Crippen molar-refractivity contribution in [2.24, 2.45) is 11.7 Å². The standard InChI is InChI=1S/C14H17ClN2S/c1-10-17-14(9-18-10)7-12(8-16)5-11-3-2-4-13(15)6-11/h2-4,6,9,12H,5,7-8,16H2,1H3. The fourth-order valence-electron chi connectivity index (χ4n) is 2.03. The van der Waals surface area contributed by atoms with Crippen molar-refractivity contribution in [3.05, 3.63) is 50.9 Å². The van der Waals surface area contributed by atoms with Crippen molar-refractivity contribution in [3.8, 4) is 0 Å². The molecule has 4 heteroatoms. The van der Waals surface area contributed by atoms with Gasteiger partial charge in [-0.15, -0.1) is 11.3 Å². The van der Waals surface area contributed by atoms with Crippen molar-refractivity contribution in [2.45, 2.75) is 19.8 Å². The van der Waals surface area contributed by atoms with Gasteiger partial charge in [-0.2, -0.15) is 0 Å². The number of halogens is 1. The lowest BCUT2D eigenvalue weighted by Crippen LogP contribution is -2.19. The maximum absolute atomic E-state index is 5.99. The molecule has 0 fully saturated rings. The van der Waals surface area contributed by atoms with Crippen LogP contribution in [0.15, 0.2) is 29.6 Å². The summed E-state index contributed by atoms with van der Waals surface area (Å²) >= 11 is 7.69. The summed E-state index contributed by atoms with van der Waals surface area (Å²) < 4.78 is 0. The van der Waals surface area contributed by atoms with E-state index < -0.39 is 0 Å². The Morgan fingerprint density at radius 3 is 2.83 bits per heavy atom. The van der Waals surface area contributed by atoms with Crippen LogP contribution in [-0.4, -0.2) is 11.5 Å². The zero-order chi connectivity index (χ0) is 13.0. The molecule has 96 valence electrons. The highest BCUT2D eigenvalue weighted by Gasteiger charge is 2.11. The van der Waals surface area contributed by atoms with Crippen LogP contribution >= 0.6 is 22.9 Å². The Morgan fingerprint density at radius 1 is 1.39 bits per heavy atom. The van der Waals surface area contributed by atoms with E-state index in [2.05, 4.69) is 16.4 Å². The van der Waals surface area contributed by atoms with Crippen LogP contribution < -0.4 is 5.73 Å². The number of hydrogen-bond donors (Lipinski definition) is 1. The average Bonchev–Trinajstić information content (AvgIpc) is 2.74. The Kier molecular flexibility index (Phi) is 4.75. The fourth-order valence-corrected chi connectivity index (χ4v) is 2.87. The minimum Gasteiger partial charge on any atom is -0.330 e. The fraction of sp³-hybridized carbons (Fsp3) is 0.357. The van der Waals surface area contributed by atoms with E-state index in [0.29, 0.717) is 12.5 Å². The van der Waals surface area contributed by atoms with Crippen LogP contribution in [0.5, 0.6) is 0 Å². The minimum atomic E-state index is 0.421. The summed E-state index contributed by atoms with van der Waals surface area (Å²) in [6, 6.07) is 7.99. The summed E-state index contributed by atoms with van der Waals surface area (Å²) in [7, 11) is 0. The third kappa shape index (κ3) is 3.80. The Labute approximate surface area is 117 Å². The van der Waals surface area contributed by atoms with E-state index in [9.17, 15) is 0 Å². The third-order valence-electron chi connectivity index (χ3n) is 2.91. The summed E-state index contributed by atoms with van der Waals surface area (Å²) in [6.07, 6.45) is 1.89. The van der Waals surface area contributed by atoms with Crippen molar-refractivity contribution in [1.82, 2.24) is 4.98 Å². The van der Waals surface area contributed by atoms with Gasteiger partial charge in [0.2, 0.25) is 0 Å². The van der Waals surface area contributed by atoms with E-state index in [1.807, 2.05) is 25.1 Å². The van der Waals surface area contributed by atoms with Crippen LogP contribution in [0.2, 0.25) is 5.02 Å². The molecule has 18 heavy (non-hydrogen) atoms. The van der Waals surface area contributed by atoms with Gasteiger partial charge in [-0.3, -0.25) is 0 Å². The van der Waals surface area contributed by atoms with Crippen molar-refractivity contribution in [2.75, 3.05) is 6.54 Å². The highest BCUT2D eigenvalue weighted by molar-refractivity contribution is 7.09. The Morgan fingerprint density at radius 2 is 2.22 bits per heavy atom. The molecule has 1 heterocycles. The van der Waals surface area contributed by atoms with Gasteiger partial charge >= 0.3 is 0 Å². The first-order valence-corrected chi connectivity index (χ1v) is 7.28. The maximum Gasteiger partial charge on any atom is 0.0897 e. The molecule has 1 atom stereocenters. The molecule has 2 aromatic rings. The summed E-state index contributed by atoms with van der Waals surface area (Å²) in [5.74, 6) is 0.421. The lowest BCUT2D eigenvalue weighted by molar-refractivity contribution is 0.528. The SMILES string of the molecule is Cc1nc(CC(CN)Cc2cccc(Cl)c2)cs1. The first-order valence-electron chi connectivity index (χ1n) is 6.03. The number of aromatic nitrogens is 1. The second kappa shape index (κ2) is 6.32. The first kappa shape index (κ1) is 13.5. The number of nitrogens with two attached hydrogens (primary N) is 1. The topological polar surface area (TPSA) is 38.9 Å². The lowest BCUT2D eigenvalue weighted by atomic mass is 9.95. The number of benzene rings is 1. The molecule has 0 aliphatic rings. The van der Waals surface area contributed by atoms with E-state index in [0.717, 1.165) is 28.6 Å². The molecule has 2 nitrogen and oxygen atoms in total. The molecular weight excluding hydrogens is 264 g/mol. The monoisotopic (exact) mass is 280 g/mol. The van der Waals surface area contributed by atoms with Gasteiger partial charge in [-0.05, 0) is 49.9 Å². The Hall–Kier alpha value is -0.900. The van der Waals surface area contributed by atoms with E-state index in [-0.39, 0.29) is 0 Å². The molecule has 0 amide bonds. The van der Waals surface area contributed by atoms with Crippen molar-refractivity contribution < 1.29 is 0 Å². The molecule has 1 unspecified atom stereocenters. The molecule has 0 bridgehead atoms. The second-order valence-electron chi connectivity index (χ2n) is 4.50. The molecule has 0 spiro atoms. The maximum atomic E-state index is 5.99. The smallest absolute Gasteiger partial charge is 0.0897 e. The number of hydrogen-bond acceptors (Lipinski definition) is 3. The molecule has 1 aromatic carbocycles. The van der Waals surface area contributed by atoms with Crippen LogP contribution in [0.1, 0.15) is 16.3 Å². The molecule has 0 aliphatic heterocycles. The van der Waals surface area contributed by atoms with E-state index in [1.54, 1.807) is 11.3 Å². The normalized spacial score (nSPS) is 12.6. The summed E-state index contributed by atoms with van der Waals surface area (Å²) in [4.78, 5) is 4.49. The van der Waals surface area contributed by atoms with Gasteiger partial charge < -0.3 is 5.73 Å². The van der Waals surface area contributed by atoms with Crippen LogP contribution in [-0.2, 0) is 12.8 Å². The Balaban J connectivity index is 2.01. The van der Waals surface area contributed by atoms with Gasteiger partial charge in [0.05, 0.1) is 10.7 Å². The molecule has 0 saturated heterocycles. The molecular formula is C14H17ClN2S. The van der Waals surface area contributed by atoms with Crippen LogP contribution in [0.4, 0.5) is 0 Å². The molecule has 2 rings (SSSR count). The molecule has 0 saturated carbocycles. The van der Waals surface area contributed by atoms with E-state index >= 15 is 0 Å². The number of nitrogens with zero attached hydrogens (tertiary/aromatic N) is 1.